The Hall–Kier alpha value is -2.32. The van der Waals surface area contributed by atoms with Crippen LogP contribution in [0, 0.1) is 10.6 Å². The minimum absolute atomic E-state index is 0.275. The van der Waals surface area contributed by atoms with Crippen LogP contribution in [0.15, 0.2) is 52.0 Å². The molecule has 1 N–H and O–H groups in total. The second-order valence-corrected chi connectivity index (χ2v) is 6.02. The number of hydrogen-bond acceptors (Lipinski definition) is 4. The van der Waals surface area contributed by atoms with Crippen LogP contribution < -0.4 is 4.74 Å². The molecular weight excluding hydrogens is 395 g/mol. The van der Waals surface area contributed by atoms with Crippen molar-refractivity contribution < 1.29 is 9.13 Å². The van der Waals surface area contributed by atoms with E-state index < -0.39 is 5.82 Å². The number of rotatable bonds is 4. The van der Waals surface area contributed by atoms with Gasteiger partial charge in [0.25, 0.3) is 0 Å². The van der Waals surface area contributed by atoms with Crippen molar-refractivity contribution in [2.45, 2.75) is 0 Å². The molecule has 0 radical (unpaired) electrons. The van der Waals surface area contributed by atoms with Gasteiger partial charge in [-0.1, -0.05) is 12.1 Å². The van der Waals surface area contributed by atoms with Crippen molar-refractivity contribution in [2.75, 3.05) is 7.11 Å². The second-order valence-electron chi connectivity index (χ2n) is 4.78. The number of benzene rings is 2. The van der Waals surface area contributed by atoms with E-state index in [0.717, 1.165) is 15.8 Å². The summed E-state index contributed by atoms with van der Waals surface area (Å²) in [5.41, 5.74) is 1.14. The molecule has 0 unspecified atom stereocenters. The van der Waals surface area contributed by atoms with Gasteiger partial charge in [0.05, 0.1) is 23.4 Å². The Morgan fingerprint density at radius 2 is 2.12 bits per heavy atom. The first kappa shape index (κ1) is 16.5. The van der Waals surface area contributed by atoms with Crippen molar-refractivity contribution in [3.63, 3.8) is 0 Å². The Morgan fingerprint density at radius 3 is 2.83 bits per heavy atom. The van der Waals surface area contributed by atoms with Gasteiger partial charge in [-0.25, -0.2) is 9.49 Å². The van der Waals surface area contributed by atoms with Crippen LogP contribution in [-0.4, -0.2) is 28.2 Å². The van der Waals surface area contributed by atoms with Gasteiger partial charge in [-0.15, -0.1) is 0 Å². The minimum Gasteiger partial charge on any atom is -0.496 e. The summed E-state index contributed by atoms with van der Waals surface area (Å²) in [4.78, 5) is 0. The van der Waals surface area contributed by atoms with Crippen molar-refractivity contribution in [1.29, 1.82) is 0 Å². The van der Waals surface area contributed by atoms with E-state index in [9.17, 15) is 4.39 Å². The minimum atomic E-state index is -0.393. The highest BCUT2D eigenvalue weighted by Crippen LogP contribution is 2.25. The zero-order valence-electron chi connectivity index (χ0n) is 12.5. The highest BCUT2D eigenvalue weighted by atomic mass is 79.9. The van der Waals surface area contributed by atoms with Crippen molar-refractivity contribution in [3.8, 4) is 17.1 Å². The summed E-state index contributed by atoms with van der Waals surface area (Å²) in [6.07, 6.45) is 1.61. The van der Waals surface area contributed by atoms with Gasteiger partial charge in [0.15, 0.2) is 5.82 Å². The lowest BCUT2D eigenvalue weighted by Gasteiger charge is -2.04. The largest absolute Gasteiger partial charge is 0.496 e. The van der Waals surface area contributed by atoms with Crippen LogP contribution in [0.3, 0.4) is 0 Å². The second kappa shape index (κ2) is 7.06. The normalized spacial score (nSPS) is 11.1. The number of halogens is 2. The molecule has 1 heterocycles. The zero-order valence-corrected chi connectivity index (χ0v) is 14.9. The first-order valence-electron chi connectivity index (χ1n) is 6.90. The fourth-order valence-corrected chi connectivity index (χ4v) is 2.84. The van der Waals surface area contributed by atoms with Gasteiger partial charge >= 0.3 is 0 Å². The monoisotopic (exact) mass is 406 g/mol. The van der Waals surface area contributed by atoms with Gasteiger partial charge in [0.2, 0.25) is 4.77 Å². The number of aromatic amines is 1. The van der Waals surface area contributed by atoms with Crippen molar-refractivity contribution in [2.24, 2.45) is 5.10 Å². The Bertz CT molecular complexity index is 967. The molecular formula is C16H12BrFN4OS. The van der Waals surface area contributed by atoms with Crippen molar-refractivity contribution in [1.82, 2.24) is 14.9 Å². The van der Waals surface area contributed by atoms with Crippen LogP contribution >= 0.6 is 28.1 Å². The standard InChI is InChI=1S/C16H12BrFN4OS/c1-23-14-7-6-10(8-12(14)17)9-19-22-15(20-21-16(22)24)11-4-2-3-5-13(11)18/h2-9H,1H3,(H,21,24). The van der Waals surface area contributed by atoms with Crippen LogP contribution in [0.25, 0.3) is 11.4 Å². The molecule has 0 bridgehead atoms. The van der Waals surface area contributed by atoms with Gasteiger partial charge in [-0.05, 0) is 64.0 Å². The number of ether oxygens (including phenoxy) is 1. The fourth-order valence-electron chi connectivity index (χ4n) is 2.10. The Balaban J connectivity index is 1.99. The third-order valence-corrected chi connectivity index (χ3v) is 4.15. The maximum atomic E-state index is 14.0. The average Bonchev–Trinajstić information content (AvgIpc) is 2.94. The van der Waals surface area contributed by atoms with Crippen LogP contribution in [0.2, 0.25) is 0 Å². The third-order valence-electron chi connectivity index (χ3n) is 3.26. The van der Waals surface area contributed by atoms with E-state index in [-0.39, 0.29) is 4.77 Å². The summed E-state index contributed by atoms with van der Waals surface area (Å²) in [5, 5.41) is 11.0. The topological polar surface area (TPSA) is 55.2 Å². The maximum absolute atomic E-state index is 14.0. The molecule has 0 aliphatic heterocycles. The Morgan fingerprint density at radius 1 is 1.33 bits per heavy atom. The molecule has 122 valence electrons. The van der Waals surface area contributed by atoms with Crippen LogP contribution in [0.1, 0.15) is 5.56 Å². The molecule has 0 aliphatic rings. The Labute approximate surface area is 150 Å². The van der Waals surface area contributed by atoms with Crippen molar-refractivity contribution >= 4 is 34.4 Å². The molecule has 1 aromatic heterocycles. The van der Waals surface area contributed by atoms with Crippen LogP contribution in [0.5, 0.6) is 5.75 Å². The summed E-state index contributed by atoms with van der Waals surface area (Å²) in [6, 6.07) is 11.8. The lowest BCUT2D eigenvalue weighted by molar-refractivity contribution is 0.412. The average molecular weight is 407 g/mol. The molecule has 3 aromatic rings. The van der Waals surface area contributed by atoms with Crippen molar-refractivity contribution in [3.05, 3.63) is 63.1 Å². The van der Waals surface area contributed by atoms with Gasteiger partial charge < -0.3 is 4.74 Å². The van der Waals surface area contributed by atoms with E-state index >= 15 is 0 Å². The van der Waals surface area contributed by atoms with E-state index in [1.165, 1.54) is 10.7 Å². The maximum Gasteiger partial charge on any atom is 0.216 e. The predicted octanol–water partition coefficient (Wildman–Crippen LogP) is 4.40. The number of aromatic nitrogens is 3. The molecule has 0 fully saturated rings. The third kappa shape index (κ3) is 3.29. The van der Waals surface area contributed by atoms with E-state index in [2.05, 4.69) is 31.2 Å². The molecule has 8 heteroatoms. The first-order valence-corrected chi connectivity index (χ1v) is 8.10. The molecule has 0 aliphatic carbocycles. The first-order chi connectivity index (χ1) is 11.6. The molecule has 2 aromatic carbocycles. The summed E-state index contributed by atoms with van der Waals surface area (Å²) < 4.78 is 21.6. The lowest BCUT2D eigenvalue weighted by atomic mass is 10.2. The van der Waals surface area contributed by atoms with E-state index in [1.807, 2.05) is 18.2 Å². The Kier molecular flexibility index (Phi) is 4.86. The lowest BCUT2D eigenvalue weighted by Crippen LogP contribution is -1.97. The summed E-state index contributed by atoms with van der Waals surface area (Å²) in [7, 11) is 1.60. The molecule has 0 spiro atoms. The highest BCUT2D eigenvalue weighted by Gasteiger charge is 2.12. The van der Waals surface area contributed by atoms with Gasteiger partial charge in [-0.3, -0.25) is 0 Å². The van der Waals surface area contributed by atoms with Crippen LogP contribution in [0.4, 0.5) is 4.39 Å². The molecule has 0 atom stereocenters. The number of nitrogens with zero attached hydrogens (tertiary/aromatic N) is 3. The molecule has 5 nitrogen and oxygen atoms in total. The van der Waals surface area contributed by atoms with E-state index in [1.54, 1.807) is 31.5 Å². The van der Waals surface area contributed by atoms with Gasteiger partial charge in [0.1, 0.15) is 11.6 Å². The predicted molar refractivity (Wildman–Crippen MR) is 96.5 cm³/mol. The molecule has 0 saturated heterocycles. The quantitative estimate of drug-likeness (QED) is 0.515. The smallest absolute Gasteiger partial charge is 0.216 e. The molecule has 24 heavy (non-hydrogen) atoms. The number of hydrogen-bond donors (Lipinski definition) is 1. The van der Waals surface area contributed by atoms with E-state index in [4.69, 9.17) is 17.0 Å². The summed E-state index contributed by atoms with van der Waals surface area (Å²) in [5.74, 6) is 0.635. The van der Waals surface area contributed by atoms with E-state index in [0.29, 0.717) is 11.4 Å². The number of H-pyrrole nitrogens is 1. The summed E-state index contributed by atoms with van der Waals surface area (Å²) in [6.45, 7) is 0. The van der Waals surface area contributed by atoms with Gasteiger partial charge in [-0.2, -0.15) is 14.9 Å². The zero-order chi connectivity index (χ0) is 17.1. The summed E-state index contributed by atoms with van der Waals surface area (Å²) >= 11 is 8.60. The fraction of sp³-hybridized carbons (Fsp3) is 0.0625. The van der Waals surface area contributed by atoms with Gasteiger partial charge in [0, 0.05) is 0 Å². The molecule has 0 amide bonds. The number of methoxy groups -OCH3 is 1. The molecule has 3 rings (SSSR count). The number of nitrogens with one attached hydrogen (secondary N) is 1. The highest BCUT2D eigenvalue weighted by molar-refractivity contribution is 9.10. The SMILES string of the molecule is COc1ccc(C=Nn2c(-c3ccccc3F)n[nH]c2=S)cc1Br. The molecule has 0 saturated carbocycles. The van der Waals surface area contributed by atoms with Crippen LogP contribution in [-0.2, 0) is 0 Å².